The van der Waals surface area contributed by atoms with Crippen LogP contribution in [0.4, 0.5) is 0 Å². The molecular weight excluding hydrogens is 345 g/mol. The molecular formula is C18H27Cl2N3O. The monoisotopic (exact) mass is 371 g/mol. The molecule has 2 aliphatic heterocycles. The molecule has 0 radical (unpaired) electrons. The number of likely N-dealkylation sites (N-methyl/N-ethyl adjacent to an activating group) is 1. The van der Waals surface area contributed by atoms with E-state index in [0.717, 1.165) is 57.6 Å². The Balaban J connectivity index is 0.00000144. The number of piperidine rings is 1. The van der Waals surface area contributed by atoms with Crippen LogP contribution in [-0.2, 0) is 13.0 Å². The van der Waals surface area contributed by atoms with Crippen molar-refractivity contribution in [3.63, 3.8) is 0 Å². The lowest BCUT2D eigenvalue weighted by Gasteiger charge is -2.31. The van der Waals surface area contributed by atoms with E-state index in [2.05, 4.69) is 41.5 Å². The van der Waals surface area contributed by atoms with Crippen LogP contribution in [0.2, 0.25) is 0 Å². The van der Waals surface area contributed by atoms with Gasteiger partial charge in [0.1, 0.15) is 5.75 Å². The number of nitrogens with one attached hydrogen (secondary N) is 1. The van der Waals surface area contributed by atoms with Gasteiger partial charge in [0.15, 0.2) is 0 Å². The van der Waals surface area contributed by atoms with Crippen molar-refractivity contribution in [3.05, 3.63) is 29.3 Å². The number of fused-ring (bicyclic) bond motifs is 1. The molecule has 0 aliphatic carbocycles. The first kappa shape index (κ1) is 21.1. The number of rotatable bonds is 4. The van der Waals surface area contributed by atoms with Gasteiger partial charge in [-0.2, -0.15) is 5.26 Å². The van der Waals surface area contributed by atoms with Gasteiger partial charge >= 0.3 is 0 Å². The fourth-order valence-corrected chi connectivity index (χ4v) is 3.45. The summed E-state index contributed by atoms with van der Waals surface area (Å²) in [5.41, 5.74) is 2.63. The highest BCUT2D eigenvalue weighted by atomic mass is 35.5. The molecule has 0 unspecified atom stereocenters. The molecule has 134 valence electrons. The first-order valence-electron chi connectivity index (χ1n) is 8.26. The van der Waals surface area contributed by atoms with Crippen molar-refractivity contribution < 1.29 is 4.74 Å². The summed E-state index contributed by atoms with van der Waals surface area (Å²) in [6, 6.07) is 8.98. The maximum atomic E-state index is 9.49. The maximum Gasteiger partial charge on any atom is 0.119 e. The van der Waals surface area contributed by atoms with Gasteiger partial charge in [0.05, 0.1) is 18.1 Å². The molecule has 0 saturated carbocycles. The zero-order valence-corrected chi connectivity index (χ0v) is 15.8. The van der Waals surface area contributed by atoms with E-state index in [4.69, 9.17) is 4.74 Å². The molecule has 1 aromatic carbocycles. The van der Waals surface area contributed by atoms with E-state index in [-0.39, 0.29) is 30.2 Å². The molecule has 4 nitrogen and oxygen atoms in total. The Morgan fingerprint density at radius 1 is 1.25 bits per heavy atom. The standard InChI is InChI=1S/C18H25N3O.2ClH/c1-21-10-4-15-2-3-17(12-16(15)13-21)22-11-7-18(14-19)5-8-20-9-6-18;;/h2-3,12,20H,4-11,13H2,1H3;2*1H. The van der Waals surface area contributed by atoms with Crippen molar-refractivity contribution in [2.45, 2.75) is 32.2 Å². The number of halogens is 2. The third kappa shape index (κ3) is 5.00. The SMILES string of the molecule is CN1CCc2ccc(OCCC3(C#N)CCNCC3)cc2C1.Cl.Cl. The third-order valence-electron chi connectivity index (χ3n) is 5.03. The average Bonchev–Trinajstić information content (AvgIpc) is 2.55. The van der Waals surface area contributed by atoms with Crippen LogP contribution < -0.4 is 10.1 Å². The number of hydrogen-bond acceptors (Lipinski definition) is 4. The Labute approximate surface area is 157 Å². The topological polar surface area (TPSA) is 48.3 Å². The highest BCUT2D eigenvalue weighted by Gasteiger charge is 2.31. The van der Waals surface area contributed by atoms with E-state index in [9.17, 15) is 5.26 Å². The molecule has 1 fully saturated rings. The van der Waals surface area contributed by atoms with Crippen molar-refractivity contribution in [2.24, 2.45) is 5.41 Å². The molecule has 0 amide bonds. The zero-order chi connectivity index (χ0) is 15.4. The molecule has 24 heavy (non-hydrogen) atoms. The van der Waals surface area contributed by atoms with Crippen LogP contribution in [0.15, 0.2) is 18.2 Å². The summed E-state index contributed by atoms with van der Waals surface area (Å²) >= 11 is 0. The Morgan fingerprint density at radius 2 is 2.00 bits per heavy atom. The molecule has 1 saturated heterocycles. The van der Waals surface area contributed by atoms with Crippen molar-refractivity contribution >= 4 is 24.8 Å². The second-order valence-electron chi connectivity index (χ2n) is 6.66. The van der Waals surface area contributed by atoms with Gasteiger partial charge in [-0.1, -0.05) is 6.07 Å². The molecule has 1 N–H and O–H groups in total. The summed E-state index contributed by atoms with van der Waals surface area (Å²) in [5, 5.41) is 12.8. The molecule has 2 aliphatic rings. The zero-order valence-electron chi connectivity index (χ0n) is 14.2. The van der Waals surface area contributed by atoms with E-state index >= 15 is 0 Å². The van der Waals surface area contributed by atoms with Crippen molar-refractivity contribution in [3.8, 4) is 11.8 Å². The number of hydrogen-bond donors (Lipinski definition) is 1. The van der Waals surface area contributed by atoms with Crippen molar-refractivity contribution in [2.75, 3.05) is 33.3 Å². The molecule has 1 aromatic rings. The van der Waals surface area contributed by atoms with Crippen LogP contribution in [0.3, 0.4) is 0 Å². The summed E-state index contributed by atoms with van der Waals surface area (Å²) in [6.45, 7) is 4.64. The summed E-state index contributed by atoms with van der Waals surface area (Å²) in [6.07, 6.45) is 3.81. The first-order chi connectivity index (χ1) is 10.7. The molecule has 0 aromatic heterocycles. The lowest BCUT2D eigenvalue weighted by Crippen LogP contribution is -2.36. The predicted octanol–water partition coefficient (Wildman–Crippen LogP) is 3.18. The van der Waals surface area contributed by atoms with Crippen molar-refractivity contribution in [1.82, 2.24) is 10.2 Å². The predicted molar refractivity (Wildman–Crippen MR) is 101 cm³/mol. The molecule has 0 atom stereocenters. The smallest absolute Gasteiger partial charge is 0.119 e. The number of ether oxygens (including phenoxy) is 1. The second-order valence-corrected chi connectivity index (χ2v) is 6.66. The summed E-state index contributed by atoms with van der Waals surface area (Å²) in [7, 11) is 2.16. The highest BCUT2D eigenvalue weighted by molar-refractivity contribution is 5.85. The Kier molecular flexibility index (Phi) is 8.32. The Bertz CT molecular complexity index is 568. The minimum absolute atomic E-state index is 0. The largest absolute Gasteiger partial charge is 0.494 e. The second kappa shape index (κ2) is 9.48. The van der Waals surface area contributed by atoms with E-state index in [0.29, 0.717) is 6.61 Å². The summed E-state index contributed by atoms with van der Waals surface area (Å²) in [4.78, 5) is 2.34. The fraction of sp³-hybridized carbons (Fsp3) is 0.611. The van der Waals surface area contributed by atoms with Crippen LogP contribution in [0.25, 0.3) is 0 Å². The van der Waals surface area contributed by atoms with Gasteiger partial charge in [-0.3, -0.25) is 0 Å². The maximum absolute atomic E-state index is 9.49. The molecule has 6 heteroatoms. The Hall–Kier alpha value is -0.990. The average molecular weight is 372 g/mol. The number of nitrogens with zero attached hydrogens (tertiary/aromatic N) is 2. The first-order valence-corrected chi connectivity index (χ1v) is 8.26. The Morgan fingerprint density at radius 3 is 2.71 bits per heavy atom. The van der Waals surface area contributed by atoms with E-state index in [1.165, 1.54) is 11.1 Å². The third-order valence-corrected chi connectivity index (χ3v) is 5.03. The summed E-state index contributed by atoms with van der Waals surface area (Å²) < 4.78 is 5.95. The van der Waals surface area contributed by atoms with E-state index in [1.54, 1.807) is 0 Å². The number of benzene rings is 1. The minimum atomic E-state index is -0.195. The van der Waals surface area contributed by atoms with E-state index in [1.807, 2.05) is 0 Å². The minimum Gasteiger partial charge on any atom is -0.494 e. The quantitative estimate of drug-likeness (QED) is 0.882. The van der Waals surface area contributed by atoms with Gasteiger partial charge in [0.2, 0.25) is 0 Å². The van der Waals surface area contributed by atoms with Crippen LogP contribution in [-0.4, -0.2) is 38.2 Å². The molecule has 3 rings (SSSR count). The molecule has 0 bridgehead atoms. The number of nitriles is 1. The van der Waals surface area contributed by atoms with Crippen LogP contribution in [0.5, 0.6) is 5.75 Å². The van der Waals surface area contributed by atoms with Crippen LogP contribution in [0, 0.1) is 16.7 Å². The lowest BCUT2D eigenvalue weighted by atomic mass is 9.78. The molecule has 0 spiro atoms. The van der Waals surface area contributed by atoms with E-state index < -0.39 is 0 Å². The van der Waals surface area contributed by atoms with Crippen molar-refractivity contribution in [1.29, 1.82) is 5.26 Å². The van der Waals surface area contributed by atoms with Gasteiger partial charge in [-0.25, -0.2) is 0 Å². The highest BCUT2D eigenvalue weighted by Crippen LogP contribution is 2.32. The van der Waals surface area contributed by atoms with Gasteiger partial charge < -0.3 is 15.0 Å². The fourth-order valence-electron chi connectivity index (χ4n) is 3.45. The molecule has 2 heterocycles. The summed E-state index contributed by atoms with van der Waals surface area (Å²) in [5.74, 6) is 0.941. The van der Waals surface area contributed by atoms with Crippen LogP contribution in [0.1, 0.15) is 30.4 Å². The van der Waals surface area contributed by atoms with Gasteiger partial charge in [0, 0.05) is 19.5 Å². The van der Waals surface area contributed by atoms with Gasteiger partial charge in [-0.15, -0.1) is 24.8 Å². The van der Waals surface area contributed by atoms with Crippen LogP contribution >= 0.6 is 24.8 Å². The lowest BCUT2D eigenvalue weighted by molar-refractivity contribution is 0.201. The normalized spacial score (nSPS) is 19.2. The van der Waals surface area contributed by atoms with Gasteiger partial charge in [0.25, 0.3) is 0 Å². The van der Waals surface area contributed by atoms with Gasteiger partial charge in [-0.05, 0) is 62.7 Å².